The highest BCUT2D eigenvalue weighted by atomic mass is 16.3. The van der Waals surface area contributed by atoms with E-state index in [1.807, 2.05) is 6.08 Å². The van der Waals surface area contributed by atoms with Crippen molar-refractivity contribution in [3.63, 3.8) is 0 Å². The van der Waals surface area contributed by atoms with Gasteiger partial charge in [-0.15, -0.1) is 0 Å². The first kappa shape index (κ1) is 25.5. The molecule has 4 rings (SSSR count). The first-order valence-corrected chi connectivity index (χ1v) is 13.5. The van der Waals surface area contributed by atoms with Crippen LogP contribution in [0.3, 0.4) is 0 Å². The molecule has 4 aliphatic rings. The van der Waals surface area contributed by atoms with Crippen LogP contribution in [0.1, 0.15) is 85.0 Å². The van der Waals surface area contributed by atoms with Crippen LogP contribution in [0.2, 0.25) is 0 Å². The second-order valence-corrected chi connectivity index (χ2v) is 12.3. The molecule has 10 atom stereocenters. The van der Waals surface area contributed by atoms with Crippen molar-refractivity contribution in [3.05, 3.63) is 22.6 Å². The largest absolute Gasteiger partial charge is 0.393 e. The van der Waals surface area contributed by atoms with E-state index in [2.05, 4.69) is 36.1 Å². The van der Waals surface area contributed by atoms with E-state index in [9.17, 15) is 15.0 Å². The molecule has 34 heavy (non-hydrogen) atoms. The van der Waals surface area contributed by atoms with Gasteiger partial charge in [0.25, 0.3) is 0 Å². The SMILES string of the molecule is CC(CCC=CC(=O)NCN=[N+]=[N-])C1CCC2C3C(O)CC4CC(O)CCC4(C)C3CCC12C. The molecule has 0 aliphatic heterocycles. The van der Waals surface area contributed by atoms with Crippen molar-refractivity contribution in [2.45, 2.75) is 97.2 Å². The molecule has 1 amide bonds. The number of carbonyl (C=O) groups is 1. The van der Waals surface area contributed by atoms with E-state index >= 15 is 0 Å². The zero-order chi connectivity index (χ0) is 24.5. The van der Waals surface area contributed by atoms with Gasteiger partial charge in [-0.25, -0.2) is 0 Å². The summed E-state index contributed by atoms with van der Waals surface area (Å²) >= 11 is 0. The molecule has 0 aromatic carbocycles. The fourth-order valence-corrected chi connectivity index (χ4v) is 9.13. The summed E-state index contributed by atoms with van der Waals surface area (Å²) in [7, 11) is 0. The highest BCUT2D eigenvalue weighted by Crippen LogP contribution is 2.68. The molecule has 0 aromatic rings. The summed E-state index contributed by atoms with van der Waals surface area (Å²) < 4.78 is 0. The Labute approximate surface area is 204 Å². The van der Waals surface area contributed by atoms with Crippen LogP contribution in [0.5, 0.6) is 0 Å². The maximum Gasteiger partial charge on any atom is 0.243 e. The zero-order valence-electron chi connectivity index (χ0n) is 21.2. The number of rotatable bonds is 7. The van der Waals surface area contributed by atoms with Crippen LogP contribution >= 0.6 is 0 Å². The van der Waals surface area contributed by atoms with E-state index in [1.54, 1.807) is 6.08 Å². The Hall–Kier alpha value is -1.56. The minimum atomic E-state index is -0.223. The second-order valence-electron chi connectivity index (χ2n) is 12.3. The molecule has 10 unspecified atom stereocenters. The number of nitrogens with zero attached hydrogens (tertiary/aromatic N) is 3. The lowest BCUT2D eigenvalue weighted by molar-refractivity contribution is -0.174. The molecule has 190 valence electrons. The van der Waals surface area contributed by atoms with Crippen molar-refractivity contribution in [3.8, 4) is 0 Å². The Morgan fingerprint density at radius 1 is 1.15 bits per heavy atom. The fourth-order valence-electron chi connectivity index (χ4n) is 9.13. The number of aliphatic hydroxyl groups excluding tert-OH is 2. The standard InChI is InChI=1S/C27H44N4O3/c1-17(6-4-5-7-24(34)29-16-30-31-28)20-8-9-21-25-22(11-13-27(20,21)3)26(2)12-10-19(32)14-18(26)15-23(25)33/h5,7,17-23,25,32-33H,4,6,8-16H2,1-3H3,(H,29,34). The molecule has 4 saturated carbocycles. The summed E-state index contributed by atoms with van der Waals surface area (Å²) in [5, 5.41) is 27.5. The monoisotopic (exact) mass is 472 g/mol. The average Bonchev–Trinajstić information content (AvgIpc) is 3.15. The van der Waals surface area contributed by atoms with Gasteiger partial charge in [0.2, 0.25) is 5.91 Å². The number of amides is 1. The molecule has 0 bridgehead atoms. The Kier molecular flexibility index (Phi) is 7.66. The van der Waals surface area contributed by atoms with E-state index in [4.69, 9.17) is 5.53 Å². The molecule has 0 aromatic heterocycles. The molecule has 0 saturated heterocycles. The topological polar surface area (TPSA) is 118 Å². The summed E-state index contributed by atoms with van der Waals surface area (Å²) in [6, 6.07) is 0. The number of carbonyl (C=O) groups excluding carboxylic acids is 1. The molecule has 7 heteroatoms. The van der Waals surface area contributed by atoms with Crippen molar-refractivity contribution in [1.29, 1.82) is 0 Å². The smallest absolute Gasteiger partial charge is 0.243 e. The van der Waals surface area contributed by atoms with Crippen molar-refractivity contribution in [1.82, 2.24) is 5.32 Å². The van der Waals surface area contributed by atoms with Crippen LogP contribution in [0.15, 0.2) is 17.3 Å². The van der Waals surface area contributed by atoms with Crippen LogP contribution in [0.25, 0.3) is 10.4 Å². The van der Waals surface area contributed by atoms with Gasteiger partial charge in [0.1, 0.15) is 0 Å². The van der Waals surface area contributed by atoms with Gasteiger partial charge in [0.15, 0.2) is 0 Å². The summed E-state index contributed by atoms with van der Waals surface area (Å²) in [6.07, 6.45) is 13.7. The lowest BCUT2D eigenvalue weighted by Gasteiger charge is -2.62. The summed E-state index contributed by atoms with van der Waals surface area (Å²) in [5.41, 5.74) is 8.84. The lowest BCUT2D eigenvalue weighted by atomic mass is 9.43. The van der Waals surface area contributed by atoms with Crippen LogP contribution in [-0.2, 0) is 4.79 Å². The van der Waals surface area contributed by atoms with Crippen molar-refractivity contribution < 1.29 is 15.0 Å². The van der Waals surface area contributed by atoms with Crippen LogP contribution in [0, 0.1) is 46.3 Å². The maximum atomic E-state index is 11.7. The minimum Gasteiger partial charge on any atom is -0.393 e. The minimum absolute atomic E-state index is 0.0215. The van der Waals surface area contributed by atoms with Gasteiger partial charge in [-0.05, 0) is 122 Å². The highest BCUT2D eigenvalue weighted by Gasteiger charge is 2.62. The molecule has 0 heterocycles. The number of azide groups is 1. The second kappa shape index (κ2) is 10.2. The van der Waals surface area contributed by atoms with E-state index in [-0.39, 0.29) is 35.6 Å². The molecular formula is C27H44N4O3. The van der Waals surface area contributed by atoms with Crippen molar-refractivity contribution in [2.24, 2.45) is 51.5 Å². The van der Waals surface area contributed by atoms with Gasteiger partial charge in [-0.3, -0.25) is 4.79 Å². The third-order valence-electron chi connectivity index (χ3n) is 10.9. The van der Waals surface area contributed by atoms with Crippen LogP contribution in [-0.4, -0.2) is 35.0 Å². The molecule has 0 radical (unpaired) electrons. The number of aliphatic hydroxyl groups is 2. The quantitative estimate of drug-likeness (QED) is 0.201. The highest BCUT2D eigenvalue weighted by molar-refractivity contribution is 5.87. The molecule has 3 N–H and O–H groups in total. The van der Waals surface area contributed by atoms with Gasteiger partial charge >= 0.3 is 0 Å². The van der Waals surface area contributed by atoms with Crippen molar-refractivity contribution in [2.75, 3.05) is 6.67 Å². The van der Waals surface area contributed by atoms with Gasteiger partial charge < -0.3 is 15.5 Å². The fraction of sp³-hybridized carbons (Fsp3) is 0.889. The summed E-state index contributed by atoms with van der Waals surface area (Å²) in [5.74, 6) is 3.08. The predicted octanol–water partition coefficient (Wildman–Crippen LogP) is 5.33. The molecular weight excluding hydrogens is 428 g/mol. The van der Waals surface area contributed by atoms with Crippen LogP contribution < -0.4 is 5.32 Å². The molecule has 4 fully saturated rings. The van der Waals surface area contributed by atoms with Gasteiger partial charge in [-0.2, -0.15) is 0 Å². The number of hydrogen-bond donors (Lipinski definition) is 3. The first-order chi connectivity index (χ1) is 16.2. The third-order valence-corrected chi connectivity index (χ3v) is 10.9. The van der Waals surface area contributed by atoms with Gasteiger partial charge in [-0.1, -0.05) is 32.0 Å². The van der Waals surface area contributed by atoms with E-state index in [1.165, 1.54) is 25.7 Å². The zero-order valence-corrected chi connectivity index (χ0v) is 21.2. The summed E-state index contributed by atoms with van der Waals surface area (Å²) in [6.45, 7) is 7.33. The Bertz CT molecular complexity index is 827. The van der Waals surface area contributed by atoms with Gasteiger partial charge in [0.05, 0.1) is 18.9 Å². The molecule has 7 nitrogen and oxygen atoms in total. The van der Waals surface area contributed by atoms with E-state index in [0.29, 0.717) is 35.5 Å². The first-order valence-electron chi connectivity index (χ1n) is 13.5. The third kappa shape index (κ3) is 4.64. The van der Waals surface area contributed by atoms with E-state index in [0.717, 1.165) is 38.5 Å². The Morgan fingerprint density at radius 3 is 2.65 bits per heavy atom. The summed E-state index contributed by atoms with van der Waals surface area (Å²) in [4.78, 5) is 14.4. The Morgan fingerprint density at radius 2 is 1.88 bits per heavy atom. The number of allylic oxidation sites excluding steroid dienone is 1. The molecule has 0 spiro atoms. The maximum absolute atomic E-state index is 11.7. The lowest BCUT2D eigenvalue weighted by Crippen LogP contribution is -2.58. The number of fused-ring (bicyclic) bond motifs is 5. The Balaban J connectivity index is 1.38. The normalized spacial score (nSPS) is 44.4. The van der Waals surface area contributed by atoms with Crippen molar-refractivity contribution >= 4 is 5.91 Å². The van der Waals surface area contributed by atoms with E-state index < -0.39 is 0 Å². The number of hydrogen-bond acceptors (Lipinski definition) is 4. The number of nitrogens with one attached hydrogen (secondary N) is 1. The van der Waals surface area contributed by atoms with Gasteiger partial charge in [0, 0.05) is 4.91 Å². The van der Waals surface area contributed by atoms with Crippen LogP contribution in [0.4, 0.5) is 0 Å². The average molecular weight is 473 g/mol. The molecule has 4 aliphatic carbocycles. The predicted molar refractivity (Wildman–Crippen MR) is 132 cm³/mol.